The number of hydrogen-bond acceptors (Lipinski definition) is 12. The number of carbonyl (C=O) groups is 1. The van der Waals surface area contributed by atoms with Crippen molar-refractivity contribution < 1.29 is 37.7 Å². The first-order valence-electron chi connectivity index (χ1n) is 14.6. The number of rotatable bonds is 12. The fourth-order valence-electron chi connectivity index (χ4n) is 5.29. The molecule has 1 aliphatic heterocycles. The van der Waals surface area contributed by atoms with E-state index >= 15 is 0 Å². The highest BCUT2D eigenvalue weighted by molar-refractivity contribution is 7.52. The molecule has 3 aromatic rings. The van der Waals surface area contributed by atoms with Crippen molar-refractivity contribution in [2.45, 2.75) is 88.3 Å². The van der Waals surface area contributed by atoms with E-state index in [1.54, 1.807) is 44.2 Å². The van der Waals surface area contributed by atoms with Gasteiger partial charge in [0.05, 0.1) is 19.5 Å². The third-order valence-corrected chi connectivity index (χ3v) is 9.63. The number of esters is 1. The molecule has 6 atom stereocenters. The number of carbonyl (C=O) groups excluding carboxylic acids is 1. The summed E-state index contributed by atoms with van der Waals surface area (Å²) < 4.78 is 44.5. The van der Waals surface area contributed by atoms with Gasteiger partial charge in [-0.25, -0.2) is 9.55 Å². The minimum atomic E-state index is -4.22. The predicted octanol–water partition coefficient (Wildman–Crippen LogP) is 4.12. The van der Waals surface area contributed by atoms with E-state index in [9.17, 15) is 14.5 Å². The van der Waals surface area contributed by atoms with Crippen molar-refractivity contribution in [1.82, 2.24) is 24.6 Å². The number of para-hydroxylation sites is 1. The standard InChI is InChI=1S/C28H38ClN6O8P/c1-4-39-24-21-23(32-27(30)33-24)35(16-31-21)26-28(3,29)22(36)20(42-26)15-40-44(38,43-19-13-9-6-10-14-19)34-17(2)25(37)41-18-11-7-5-8-12-18/h6,9-10,13-14,16-18,20,22,26,36H,4-5,7-8,11-12,15H2,1-3H3,(H,34,38)(H2,30,32,33)/t17-,20+,22+,26+,28+,44?/m0/s1. The molecule has 1 unspecified atom stereocenters. The van der Waals surface area contributed by atoms with Crippen LogP contribution in [0.25, 0.3) is 11.2 Å². The Morgan fingerprint density at radius 3 is 2.70 bits per heavy atom. The summed E-state index contributed by atoms with van der Waals surface area (Å²) in [7, 11) is -4.22. The van der Waals surface area contributed by atoms with E-state index in [-0.39, 0.29) is 29.3 Å². The molecular formula is C28H38ClN6O8P. The Bertz CT molecular complexity index is 1490. The van der Waals surface area contributed by atoms with E-state index in [1.807, 2.05) is 0 Å². The minimum Gasteiger partial charge on any atom is -0.476 e. The smallest absolute Gasteiger partial charge is 0.459 e. The van der Waals surface area contributed by atoms with Gasteiger partial charge in [0.15, 0.2) is 17.4 Å². The van der Waals surface area contributed by atoms with Crippen LogP contribution in [0.15, 0.2) is 36.7 Å². The molecule has 14 nitrogen and oxygen atoms in total. The second-order valence-electron chi connectivity index (χ2n) is 11.0. The maximum absolute atomic E-state index is 14.0. The quantitative estimate of drug-likeness (QED) is 0.144. The van der Waals surface area contributed by atoms with Crippen LogP contribution in [-0.4, -0.2) is 73.0 Å². The zero-order valence-electron chi connectivity index (χ0n) is 24.8. The van der Waals surface area contributed by atoms with E-state index in [0.29, 0.717) is 12.1 Å². The third kappa shape index (κ3) is 7.11. The lowest BCUT2D eigenvalue weighted by atomic mass is 9.98. The number of nitrogen functional groups attached to an aromatic ring is 1. The molecule has 2 aromatic heterocycles. The van der Waals surface area contributed by atoms with Gasteiger partial charge in [-0.05, 0) is 58.6 Å². The van der Waals surface area contributed by atoms with Crippen molar-refractivity contribution >= 4 is 42.4 Å². The van der Waals surface area contributed by atoms with Gasteiger partial charge >= 0.3 is 13.7 Å². The number of alkyl halides is 1. The normalized spacial score (nSPS) is 26.2. The predicted molar refractivity (Wildman–Crippen MR) is 161 cm³/mol. The molecule has 2 aliphatic rings. The van der Waals surface area contributed by atoms with Crippen LogP contribution in [0.4, 0.5) is 5.95 Å². The van der Waals surface area contributed by atoms with Gasteiger partial charge in [0.1, 0.15) is 35.0 Å². The molecule has 240 valence electrons. The lowest BCUT2D eigenvalue weighted by Crippen LogP contribution is -2.41. The van der Waals surface area contributed by atoms with Crippen molar-refractivity contribution in [2.24, 2.45) is 0 Å². The Hall–Kier alpha value is -3.00. The number of ether oxygens (including phenoxy) is 3. The molecule has 3 heterocycles. The summed E-state index contributed by atoms with van der Waals surface area (Å²) in [6, 6.07) is 7.37. The van der Waals surface area contributed by atoms with Crippen molar-refractivity contribution in [3.05, 3.63) is 36.7 Å². The third-order valence-electron chi connectivity index (χ3n) is 7.58. The van der Waals surface area contributed by atoms with Gasteiger partial charge in [-0.2, -0.15) is 15.1 Å². The van der Waals surface area contributed by atoms with Crippen molar-refractivity contribution in [3.8, 4) is 11.6 Å². The number of nitrogens with one attached hydrogen (secondary N) is 1. The number of nitrogens with two attached hydrogens (primary N) is 1. The number of halogens is 1. The van der Waals surface area contributed by atoms with E-state index in [4.69, 9.17) is 40.6 Å². The minimum absolute atomic E-state index is 0.0430. The SMILES string of the molecule is CCOc1nc(N)nc2c1ncn2[C@@H]1O[C@H](COP(=O)(N[C@@H](C)C(=O)OC2CCCCC2)Oc2ccccc2)[C@@H](O)[C@@]1(C)Cl. The largest absolute Gasteiger partial charge is 0.476 e. The maximum Gasteiger partial charge on any atom is 0.459 e. The molecule has 0 spiro atoms. The summed E-state index contributed by atoms with van der Waals surface area (Å²) >= 11 is 6.85. The molecule has 0 amide bonds. The number of hydrogen-bond donors (Lipinski definition) is 3. The lowest BCUT2D eigenvalue weighted by molar-refractivity contribution is -0.152. The van der Waals surface area contributed by atoms with Crippen LogP contribution < -0.4 is 20.1 Å². The monoisotopic (exact) mass is 652 g/mol. The highest BCUT2D eigenvalue weighted by Gasteiger charge is 2.54. The molecule has 1 aliphatic carbocycles. The molecule has 4 N–H and O–H groups in total. The Kier molecular flexibility index (Phi) is 9.98. The fraction of sp³-hybridized carbons (Fsp3) is 0.571. The molecule has 2 fully saturated rings. The highest BCUT2D eigenvalue weighted by atomic mass is 35.5. The summed E-state index contributed by atoms with van der Waals surface area (Å²) in [5, 5.41) is 13.9. The zero-order valence-corrected chi connectivity index (χ0v) is 26.4. The summed E-state index contributed by atoms with van der Waals surface area (Å²) in [5.41, 5.74) is 6.53. The van der Waals surface area contributed by atoms with Crippen LogP contribution in [-0.2, 0) is 23.4 Å². The lowest BCUT2D eigenvalue weighted by Gasteiger charge is -2.27. The summed E-state index contributed by atoms with van der Waals surface area (Å²) in [6.07, 6.45) is 2.58. The molecule has 0 radical (unpaired) electrons. The molecule has 1 saturated carbocycles. The van der Waals surface area contributed by atoms with Gasteiger partial charge < -0.3 is 29.6 Å². The number of aliphatic hydroxyl groups is 1. The Morgan fingerprint density at radius 1 is 1.27 bits per heavy atom. The van der Waals surface area contributed by atoms with E-state index in [2.05, 4.69) is 20.0 Å². The second-order valence-corrected chi connectivity index (χ2v) is 13.5. The van der Waals surface area contributed by atoms with Crippen LogP contribution in [0.2, 0.25) is 0 Å². The zero-order chi connectivity index (χ0) is 31.5. The molecule has 16 heteroatoms. The summed E-state index contributed by atoms with van der Waals surface area (Å²) in [5.74, 6) is -0.165. The molecular weight excluding hydrogens is 615 g/mol. The first kappa shape index (κ1) is 32.4. The van der Waals surface area contributed by atoms with E-state index < -0.39 is 49.7 Å². The first-order chi connectivity index (χ1) is 21.0. The molecule has 1 saturated heterocycles. The number of aromatic nitrogens is 4. The van der Waals surface area contributed by atoms with Crippen LogP contribution in [0, 0.1) is 0 Å². The summed E-state index contributed by atoms with van der Waals surface area (Å²) in [6.45, 7) is 4.84. The van der Waals surface area contributed by atoms with E-state index in [0.717, 1.165) is 32.1 Å². The maximum atomic E-state index is 14.0. The Morgan fingerprint density at radius 2 is 2.00 bits per heavy atom. The number of aliphatic hydroxyl groups excluding tert-OH is 1. The number of benzene rings is 1. The molecule has 1 aromatic carbocycles. The van der Waals surface area contributed by atoms with Gasteiger partial charge in [0.2, 0.25) is 11.8 Å². The van der Waals surface area contributed by atoms with Crippen molar-refractivity contribution in [1.29, 1.82) is 0 Å². The van der Waals surface area contributed by atoms with Crippen LogP contribution in [0.5, 0.6) is 11.6 Å². The van der Waals surface area contributed by atoms with Crippen molar-refractivity contribution in [3.63, 3.8) is 0 Å². The average molecular weight is 653 g/mol. The average Bonchev–Trinajstić information content (AvgIpc) is 3.50. The van der Waals surface area contributed by atoms with E-state index in [1.165, 1.54) is 17.8 Å². The Balaban J connectivity index is 1.33. The van der Waals surface area contributed by atoms with Gasteiger partial charge in [-0.15, -0.1) is 11.6 Å². The van der Waals surface area contributed by atoms with Gasteiger partial charge in [0.25, 0.3) is 0 Å². The second kappa shape index (κ2) is 13.6. The summed E-state index contributed by atoms with van der Waals surface area (Å²) in [4.78, 5) is 24.2. The van der Waals surface area contributed by atoms with Gasteiger partial charge in [0, 0.05) is 0 Å². The molecule has 44 heavy (non-hydrogen) atoms. The number of anilines is 1. The highest BCUT2D eigenvalue weighted by Crippen LogP contribution is 2.49. The number of nitrogens with zero attached hydrogens (tertiary/aromatic N) is 4. The first-order valence-corrected chi connectivity index (χ1v) is 16.6. The Labute approximate surface area is 260 Å². The van der Waals surface area contributed by atoms with Crippen LogP contribution in [0.1, 0.15) is 59.1 Å². The van der Waals surface area contributed by atoms with Crippen LogP contribution in [0.3, 0.4) is 0 Å². The molecule has 5 rings (SSSR count). The molecule has 0 bridgehead atoms. The topological polar surface area (TPSA) is 182 Å². The van der Waals surface area contributed by atoms with Gasteiger partial charge in [-0.1, -0.05) is 24.6 Å². The van der Waals surface area contributed by atoms with Crippen LogP contribution >= 0.6 is 19.3 Å². The number of fused-ring (bicyclic) bond motifs is 1. The number of imidazole rings is 1. The van der Waals surface area contributed by atoms with Crippen molar-refractivity contribution in [2.75, 3.05) is 18.9 Å². The fourth-order valence-corrected chi connectivity index (χ4v) is 7.09. The van der Waals surface area contributed by atoms with Gasteiger partial charge in [-0.3, -0.25) is 13.9 Å².